The summed E-state index contributed by atoms with van der Waals surface area (Å²) in [5.41, 5.74) is 5.58. The molecule has 1 aromatic rings. The SMILES string of the molecule is C=CCC(/C=C/CN1CCCCC1)CN(C)c1nc(=O)[nH]c(N)c1NC=O.CC. The van der Waals surface area contributed by atoms with Crippen molar-refractivity contribution in [3.05, 3.63) is 35.3 Å². The van der Waals surface area contributed by atoms with Crippen LogP contribution in [0.15, 0.2) is 29.6 Å². The van der Waals surface area contributed by atoms with Gasteiger partial charge in [-0.3, -0.25) is 14.7 Å². The van der Waals surface area contributed by atoms with Crippen molar-refractivity contribution in [3.8, 4) is 0 Å². The van der Waals surface area contributed by atoms with Gasteiger partial charge in [-0.15, -0.1) is 6.58 Å². The summed E-state index contributed by atoms with van der Waals surface area (Å²) in [5, 5.41) is 2.52. The lowest BCUT2D eigenvalue weighted by atomic mass is 10.0. The van der Waals surface area contributed by atoms with E-state index < -0.39 is 5.69 Å². The molecule has 1 amide bonds. The Morgan fingerprint density at radius 3 is 2.66 bits per heavy atom. The number of nitrogens with one attached hydrogen (secondary N) is 2. The van der Waals surface area contributed by atoms with Gasteiger partial charge in [0.1, 0.15) is 11.5 Å². The number of carbonyl (C=O) groups excluding carboxylic acids is 1. The molecular weight excluding hydrogens is 368 g/mol. The minimum atomic E-state index is -0.549. The lowest BCUT2D eigenvalue weighted by Crippen LogP contribution is -2.30. The van der Waals surface area contributed by atoms with Gasteiger partial charge in [0, 0.05) is 20.1 Å². The van der Waals surface area contributed by atoms with Crippen LogP contribution in [0.1, 0.15) is 39.5 Å². The van der Waals surface area contributed by atoms with Crippen molar-refractivity contribution in [3.63, 3.8) is 0 Å². The van der Waals surface area contributed by atoms with E-state index in [1.165, 1.54) is 19.3 Å². The lowest BCUT2D eigenvalue weighted by molar-refractivity contribution is -0.105. The molecular formula is C21H36N6O2. The average Bonchev–Trinajstić information content (AvgIpc) is 2.72. The zero-order valence-electron chi connectivity index (χ0n) is 18.0. The van der Waals surface area contributed by atoms with Crippen LogP contribution in [-0.2, 0) is 4.79 Å². The molecule has 0 bridgehead atoms. The number of rotatable bonds is 10. The Kier molecular flexibility index (Phi) is 11.4. The molecule has 1 aliphatic heterocycles. The molecule has 1 unspecified atom stereocenters. The molecule has 1 atom stereocenters. The van der Waals surface area contributed by atoms with Gasteiger partial charge in [0.25, 0.3) is 0 Å². The smallest absolute Gasteiger partial charge is 0.348 e. The number of aromatic nitrogens is 2. The number of nitrogens with two attached hydrogens (primary N) is 1. The van der Waals surface area contributed by atoms with Crippen LogP contribution in [0, 0.1) is 5.92 Å². The van der Waals surface area contributed by atoms with Gasteiger partial charge in [0.15, 0.2) is 5.82 Å². The predicted molar refractivity (Wildman–Crippen MR) is 121 cm³/mol. The van der Waals surface area contributed by atoms with Crippen LogP contribution in [0.25, 0.3) is 0 Å². The van der Waals surface area contributed by atoms with E-state index in [0.717, 1.165) is 26.1 Å². The minimum absolute atomic E-state index is 0.0878. The van der Waals surface area contributed by atoms with Gasteiger partial charge in [0.2, 0.25) is 6.41 Å². The highest BCUT2D eigenvalue weighted by Gasteiger charge is 2.17. The monoisotopic (exact) mass is 404 g/mol. The zero-order valence-corrected chi connectivity index (χ0v) is 18.0. The number of H-pyrrole nitrogens is 1. The number of allylic oxidation sites excluding steroid dienone is 1. The number of anilines is 3. The maximum atomic E-state index is 11.7. The van der Waals surface area contributed by atoms with Crippen molar-refractivity contribution in [2.24, 2.45) is 5.92 Å². The molecule has 162 valence electrons. The molecule has 1 aromatic heterocycles. The van der Waals surface area contributed by atoms with E-state index in [0.29, 0.717) is 24.5 Å². The predicted octanol–water partition coefficient (Wildman–Crippen LogP) is 2.62. The fourth-order valence-electron chi connectivity index (χ4n) is 3.37. The molecule has 2 heterocycles. The van der Waals surface area contributed by atoms with Gasteiger partial charge >= 0.3 is 5.69 Å². The van der Waals surface area contributed by atoms with Crippen LogP contribution in [0.3, 0.4) is 0 Å². The highest BCUT2D eigenvalue weighted by atomic mass is 16.1. The van der Waals surface area contributed by atoms with Crippen LogP contribution in [-0.4, -0.2) is 54.5 Å². The standard InChI is InChI=1S/C19H30N6O2.C2H6/c1-3-8-15(9-7-12-25-10-5-4-6-11-25)13-24(2)18-16(21-14-26)17(20)22-19(27)23-18;1-2/h3,7,9,14-15H,1,4-6,8,10-13H2,2H3,(H,21,26)(H3,20,22,23,27);1-2H3/b9-7+;. The van der Waals surface area contributed by atoms with Crippen LogP contribution in [0.4, 0.5) is 17.3 Å². The summed E-state index contributed by atoms with van der Waals surface area (Å²) in [7, 11) is 1.83. The minimum Gasteiger partial charge on any atom is -0.383 e. The van der Waals surface area contributed by atoms with Crippen molar-refractivity contribution in [1.29, 1.82) is 0 Å². The van der Waals surface area contributed by atoms with Gasteiger partial charge in [-0.2, -0.15) is 4.98 Å². The number of hydrogen-bond acceptors (Lipinski definition) is 6. The topological polar surface area (TPSA) is 107 Å². The first-order valence-corrected chi connectivity index (χ1v) is 10.4. The van der Waals surface area contributed by atoms with Gasteiger partial charge < -0.3 is 16.0 Å². The normalized spacial score (nSPS) is 15.3. The third-order valence-electron chi connectivity index (χ3n) is 4.71. The molecule has 2 rings (SSSR count). The maximum absolute atomic E-state index is 11.7. The molecule has 0 saturated carbocycles. The van der Waals surface area contributed by atoms with Crippen LogP contribution < -0.4 is 21.6 Å². The van der Waals surface area contributed by atoms with E-state index in [9.17, 15) is 9.59 Å². The number of hydrogen-bond donors (Lipinski definition) is 3. The summed E-state index contributed by atoms with van der Waals surface area (Å²) >= 11 is 0. The van der Waals surface area contributed by atoms with Crippen molar-refractivity contribution < 1.29 is 4.79 Å². The highest BCUT2D eigenvalue weighted by Crippen LogP contribution is 2.26. The molecule has 29 heavy (non-hydrogen) atoms. The first-order valence-electron chi connectivity index (χ1n) is 10.4. The Labute approximate surface area is 173 Å². The van der Waals surface area contributed by atoms with Gasteiger partial charge in [0.05, 0.1) is 0 Å². The number of likely N-dealkylation sites (tertiary alicyclic amines) is 1. The number of aromatic amines is 1. The molecule has 0 radical (unpaired) electrons. The number of piperidine rings is 1. The van der Waals surface area contributed by atoms with E-state index in [1.807, 2.05) is 31.9 Å². The summed E-state index contributed by atoms with van der Waals surface area (Å²) in [6.07, 6.45) is 11.5. The average molecular weight is 405 g/mol. The summed E-state index contributed by atoms with van der Waals surface area (Å²) in [6, 6.07) is 0. The highest BCUT2D eigenvalue weighted by molar-refractivity contribution is 5.85. The molecule has 0 spiro atoms. The van der Waals surface area contributed by atoms with Gasteiger partial charge in [-0.1, -0.05) is 38.5 Å². The second-order valence-corrected chi connectivity index (χ2v) is 6.87. The Morgan fingerprint density at radius 2 is 2.03 bits per heavy atom. The van der Waals surface area contributed by atoms with Crippen molar-refractivity contribution in [1.82, 2.24) is 14.9 Å². The van der Waals surface area contributed by atoms with Crippen molar-refractivity contribution in [2.75, 3.05) is 49.2 Å². The summed E-state index contributed by atoms with van der Waals surface area (Å²) in [6.45, 7) is 11.7. The quantitative estimate of drug-likeness (QED) is 0.409. The maximum Gasteiger partial charge on any atom is 0.348 e. The molecule has 0 aromatic carbocycles. The first-order chi connectivity index (χ1) is 14.0. The summed E-state index contributed by atoms with van der Waals surface area (Å²) in [4.78, 5) is 33.2. The Morgan fingerprint density at radius 1 is 1.34 bits per heavy atom. The first kappa shape index (κ1) is 24.4. The fraction of sp³-hybridized carbons (Fsp3) is 0.571. The molecule has 4 N–H and O–H groups in total. The number of nitrogen functional groups attached to an aromatic ring is 1. The van der Waals surface area contributed by atoms with Crippen LogP contribution in [0.2, 0.25) is 0 Å². The molecule has 1 saturated heterocycles. The third kappa shape index (κ3) is 8.11. The number of carbonyl (C=O) groups is 1. The molecule has 1 aliphatic rings. The largest absolute Gasteiger partial charge is 0.383 e. The van der Waals surface area contributed by atoms with Gasteiger partial charge in [-0.05, 0) is 38.3 Å². The number of nitrogens with zero attached hydrogens (tertiary/aromatic N) is 3. The second-order valence-electron chi connectivity index (χ2n) is 6.87. The second kappa shape index (κ2) is 13.5. The van der Waals surface area contributed by atoms with E-state index >= 15 is 0 Å². The van der Waals surface area contributed by atoms with Crippen molar-refractivity contribution in [2.45, 2.75) is 39.5 Å². The number of amides is 1. The van der Waals surface area contributed by atoms with Crippen LogP contribution >= 0.6 is 0 Å². The molecule has 8 nitrogen and oxygen atoms in total. The summed E-state index contributed by atoms with van der Waals surface area (Å²) in [5.74, 6) is 0.649. The third-order valence-corrected chi connectivity index (χ3v) is 4.71. The molecule has 1 fully saturated rings. The van der Waals surface area contributed by atoms with Crippen molar-refractivity contribution >= 4 is 23.7 Å². The molecule has 0 aliphatic carbocycles. The van der Waals surface area contributed by atoms with Gasteiger partial charge in [-0.25, -0.2) is 4.79 Å². The lowest BCUT2D eigenvalue weighted by Gasteiger charge is -2.26. The van der Waals surface area contributed by atoms with E-state index in [-0.39, 0.29) is 11.7 Å². The molecule has 8 heteroatoms. The fourth-order valence-corrected chi connectivity index (χ4v) is 3.37. The Hall–Kier alpha value is -2.61. The zero-order chi connectivity index (χ0) is 21.6. The van der Waals surface area contributed by atoms with E-state index in [1.54, 1.807) is 0 Å². The van der Waals surface area contributed by atoms with Crippen LogP contribution in [0.5, 0.6) is 0 Å². The Balaban J connectivity index is 0.00000204. The van der Waals surface area contributed by atoms with E-state index in [4.69, 9.17) is 5.73 Å². The summed E-state index contributed by atoms with van der Waals surface area (Å²) < 4.78 is 0. The Bertz CT molecular complexity index is 710. The van der Waals surface area contributed by atoms with E-state index in [2.05, 4.69) is 38.9 Å².